The molecule has 0 spiro atoms. The van der Waals surface area contributed by atoms with E-state index >= 15 is 0 Å². The Hall–Kier alpha value is -3.49. The number of hydrogen-bond donors (Lipinski definition) is 2. The molecule has 0 aliphatic carbocycles. The summed E-state index contributed by atoms with van der Waals surface area (Å²) in [6.45, 7) is 6.81. The van der Waals surface area contributed by atoms with Crippen molar-refractivity contribution in [2.45, 2.75) is 39.7 Å². The van der Waals surface area contributed by atoms with Crippen LogP contribution in [0.4, 0.5) is 4.79 Å². The number of carboxylic acids is 1. The fourth-order valence-corrected chi connectivity index (χ4v) is 2.65. The van der Waals surface area contributed by atoms with Gasteiger partial charge in [0.05, 0.1) is 17.8 Å². The van der Waals surface area contributed by atoms with Gasteiger partial charge in [-0.05, 0) is 51.0 Å². The second-order valence-corrected chi connectivity index (χ2v) is 8.09. The molecule has 0 aliphatic rings. The first-order valence-electron chi connectivity index (χ1n) is 9.88. The maximum Gasteiger partial charge on any atom is 0.407 e. The normalized spacial score (nSPS) is 11.0. The summed E-state index contributed by atoms with van der Waals surface area (Å²) in [4.78, 5) is 45.3. The minimum atomic E-state index is -1.13. The van der Waals surface area contributed by atoms with E-state index in [4.69, 9.17) is 9.84 Å². The average Bonchev–Trinajstić information content (AvgIpc) is 2.67. The molecule has 2 rings (SSSR count). The number of amides is 2. The fraction of sp³-hybridized carbons (Fsp3) is 0.409. The van der Waals surface area contributed by atoms with Gasteiger partial charge in [0.2, 0.25) is 5.91 Å². The molecule has 2 heterocycles. The summed E-state index contributed by atoms with van der Waals surface area (Å²) in [5.41, 5.74) is 2.46. The van der Waals surface area contributed by atoms with Gasteiger partial charge in [0.1, 0.15) is 12.1 Å². The van der Waals surface area contributed by atoms with Crippen molar-refractivity contribution in [3.8, 4) is 11.4 Å². The SMILES string of the molecule is Cc1ccc(-c2ccc(CC(=O)N(CCNC(=O)OC(C)(C)C)CC(=O)O)cn2)nc1. The van der Waals surface area contributed by atoms with E-state index in [9.17, 15) is 14.4 Å². The van der Waals surface area contributed by atoms with Crippen molar-refractivity contribution in [3.05, 3.63) is 47.8 Å². The van der Waals surface area contributed by atoms with E-state index in [2.05, 4.69) is 15.3 Å². The highest BCUT2D eigenvalue weighted by molar-refractivity contribution is 5.83. The summed E-state index contributed by atoms with van der Waals surface area (Å²) < 4.78 is 5.13. The van der Waals surface area contributed by atoms with Gasteiger partial charge in [0.15, 0.2) is 0 Å². The predicted molar refractivity (Wildman–Crippen MR) is 114 cm³/mol. The Bertz CT molecular complexity index is 905. The summed E-state index contributed by atoms with van der Waals surface area (Å²) in [6.07, 6.45) is 2.70. The zero-order valence-electron chi connectivity index (χ0n) is 18.2. The largest absolute Gasteiger partial charge is 0.480 e. The lowest BCUT2D eigenvalue weighted by molar-refractivity contribution is -0.144. The number of aliphatic carboxylic acids is 1. The molecule has 0 aliphatic heterocycles. The number of aromatic nitrogens is 2. The van der Waals surface area contributed by atoms with Crippen LogP contribution in [0.5, 0.6) is 0 Å². The van der Waals surface area contributed by atoms with Gasteiger partial charge in [-0.3, -0.25) is 19.6 Å². The van der Waals surface area contributed by atoms with Crippen molar-refractivity contribution in [3.63, 3.8) is 0 Å². The quantitative estimate of drug-likeness (QED) is 0.662. The topological polar surface area (TPSA) is 122 Å². The monoisotopic (exact) mass is 428 g/mol. The van der Waals surface area contributed by atoms with E-state index in [0.717, 1.165) is 11.3 Å². The Kier molecular flexibility index (Phi) is 8.07. The highest BCUT2D eigenvalue weighted by atomic mass is 16.6. The zero-order valence-corrected chi connectivity index (χ0v) is 18.2. The number of pyridine rings is 2. The van der Waals surface area contributed by atoms with E-state index in [-0.39, 0.29) is 25.4 Å². The van der Waals surface area contributed by atoms with Gasteiger partial charge in [-0.25, -0.2) is 4.79 Å². The Morgan fingerprint density at radius 1 is 1.06 bits per heavy atom. The first kappa shape index (κ1) is 23.8. The molecule has 0 aromatic carbocycles. The number of carbonyl (C=O) groups excluding carboxylic acids is 2. The summed E-state index contributed by atoms with van der Waals surface area (Å²) in [6, 6.07) is 7.34. The molecule has 0 saturated heterocycles. The lowest BCUT2D eigenvalue weighted by Gasteiger charge is -2.23. The number of aryl methyl sites for hydroxylation is 1. The first-order chi connectivity index (χ1) is 14.5. The van der Waals surface area contributed by atoms with E-state index in [1.54, 1.807) is 45.3 Å². The third-order valence-electron chi connectivity index (χ3n) is 4.08. The van der Waals surface area contributed by atoms with Gasteiger partial charge < -0.3 is 20.1 Å². The van der Waals surface area contributed by atoms with E-state index in [0.29, 0.717) is 11.3 Å². The van der Waals surface area contributed by atoms with Crippen molar-refractivity contribution in [2.24, 2.45) is 0 Å². The third-order valence-corrected chi connectivity index (χ3v) is 4.08. The van der Waals surface area contributed by atoms with Gasteiger partial charge in [0.25, 0.3) is 0 Å². The Morgan fingerprint density at radius 2 is 1.71 bits per heavy atom. The summed E-state index contributed by atoms with van der Waals surface area (Å²) in [5, 5.41) is 11.6. The van der Waals surface area contributed by atoms with Gasteiger partial charge in [-0.15, -0.1) is 0 Å². The van der Waals surface area contributed by atoms with Crippen molar-refractivity contribution in [1.29, 1.82) is 0 Å². The number of rotatable bonds is 8. The van der Waals surface area contributed by atoms with Gasteiger partial charge >= 0.3 is 12.1 Å². The molecule has 2 N–H and O–H groups in total. The van der Waals surface area contributed by atoms with Crippen molar-refractivity contribution in [2.75, 3.05) is 19.6 Å². The van der Waals surface area contributed by atoms with Gasteiger partial charge in [0, 0.05) is 25.5 Å². The van der Waals surface area contributed by atoms with Crippen LogP contribution >= 0.6 is 0 Å². The van der Waals surface area contributed by atoms with Crippen molar-refractivity contribution in [1.82, 2.24) is 20.2 Å². The Labute approximate surface area is 181 Å². The van der Waals surface area contributed by atoms with E-state index in [1.807, 2.05) is 19.1 Å². The second-order valence-electron chi connectivity index (χ2n) is 8.09. The van der Waals surface area contributed by atoms with Crippen LogP contribution < -0.4 is 5.32 Å². The minimum absolute atomic E-state index is 0.00563. The molecule has 2 aromatic rings. The highest BCUT2D eigenvalue weighted by Gasteiger charge is 2.19. The maximum absolute atomic E-state index is 12.6. The van der Waals surface area contributed by atoms with E-state index < -0.39 is 24.2 Å². The number of alkyl carbamates (subject to hydrolysis) is 1. The molecule has 31 heavy (non-hydrogen) atoms. The van der Waals surface area contributed by atoms with Crippen LogP contribution in [0.1, 0.15) is 31.9 Å². The fourth-order valence-electron chi connectivity index (χ4n) is 2.65. The molecular formula is C22H28N4O5. The maximum atomic E-state index is 12.6. The summed E-state index contributed by atoms with van der Waals surface area (Å²) >= 11 is 0. The van der Waals surface area contributed by atoms with Crippen LogP contribution in [0.15, 0.2) is 36.7 Å². The standard InChI is InChI=1S/C22H28N4O5/c1-15-5-7-17(24-12-15)18-8-6-16(13-25-18)11-19(27)26(14-20(28)29)10-9-23-21(30)31-22(2,3)4/h5-8,12-13H,9-11,14H2,1-4H3,(H,23,30)(H,28,29). The van der Waals surface area contributed by atoms with Crippen LogP contribution in [0.2, 0.25) is 0 Å². The molecule has 9 heteroatoms. The van der Waals surface area contributed by atoms with E-state index in [1.165, 1.54) is 4.90 Å². The van der Waals surface area contributed by atoms with Crippen molar-refractivity contribution < 1.29 is 24.2 Å². The Balaban J connectivity index is 1.95. The molecule has 0 saturated carbocycles. The molecule has 0 unspecified atom stereocenters. The predicted octanol–water partition coefficient (Wildman–Crippen LogP) is 2.43. The third kappa shape index (κ3) is 8.41. The molecule has 9 nitrogen and oxygen atoms in total. The van der Waals surface area contributed by atoms with Crippen LogP contribution in [-0.2, 0) is 20.7 Å². The molecular weight excluding hydrogens is 400 g/mol. The molecule has 0 atom stereocenters. The average molecular weight is 428 g/mol. The number of nitrogens with zero attached hydrogens (tertiary/aromatic N) is 3. The van der Waals surface area contributed by atoms with Crippen molar-refractivity contribution >= 4 is 18.0 Å². The molecule has 0 radical (unpaired) electrons. The molecule has 2 amide bonds. The summed E-state index contributed by atoms with van der Waals surface area (Å²) in [5.74, 6) is -1.51. The number of carbonyl (C=O) groups is 3. The lowest BCUT2D eigenvalue weighted by Crippen LogP contribution is -2.43. The molecule has 0 bridgehead atoms. The minimum Gasteiger partial charge on any atom is -0.480 e. The Morgan fingerprint density at radius 3 is 2.23 bits per heavy atom. The summed E-state index contributed by atoms with van der Waals surface area (Å²) in [7, 11) is 0. The number of nitrogens with one attached hydrogen (secondary N) is 1. The van der Waals surface area contributed by atoms with Gasteiger partial charge in [-0.2, -0.15) is 0 Å². The van der Waals surface area contributed by atoms with Crippen LogP contribution in [0.3, 0.4) is 0 Å². The first-order valence-corrected chi connectivity index (χ1v) is 9.88. The smallest absolute Gasteiger partial charge is 0.407 e. The van der Waals surface area contributed by atoms with Crippen LogP contribution in [0, 0.1) is 6.92 Å². The lowest BCUT2D eigenvalue weighted by atomic mass is 10.1. The van der Waals surface area contributed by atoms with Crippen LogP contribution in [0.25, 0.3) is 11.4 Å². The molecule has 0 fully saturated rings. The molecule has 166 valence electrons. The van der Waals surface area contributed by atoms with Gasteiger partial charge in [-0.1, -0.05) is 12.1 Å². The zero-order chi connectivity index (χ0) is 23.0. The highest BCUT2D eigenvalue weighted by Crippen LogP contribution is 2.15. The number of ether oxygens (including phenoxy) is 1. The number of carboxylic acid groups (broad SMARTS) is 1. The second kappa shape index (κ2) is 10.5. The molecule has 2 aromatic heterocycles. The number of hydrogen-bond acceptors (Lipinski definition) is 6. The van der Waals surface area contributed by atoms with Crippen LogP contribution in [-0.4, -0.2) is 63.2 Å².